The Balaban J connectivity index is 1.50. The highest BCUT2D eigenvalue weighted by Gasteiger charge is 2.17. The highest BCUT2D eigenvalue weighted by atomic mass is 32.2. The van der Waals surface area contributed by atoms with E-state index in [2.05, 4.69) is 15.5 Å². The van der Waals surface area contributed by atoms with Crippen LogP contribution in [0.25, 0.3) is 10.7 Å². The van der Waals surface area contributed by atoms with Crippen molar-refractivity contribution in [3.05, 3.63) is 71.5 Å². The van der Waals surface area contributed by atoms with E-state index in [9.17, 15) is 4.79 Å². The lowest BCUT2D eigenvalue weighted by Gasteiger charge is -2.08. The Morgan fingerprint density at radius 3 is 2.89 bits per heavy atom. The molecule has 8 heteroatoms. The number of benzene rings is 1. The van der Waals surface area contributed by atoms with E-state index in [1.165, 1.54) is 11.8 Å². The van der Waals surface area contributed by atoms with Crippen LogP contribution in [0.4, 0.5) is 5.69 Å². The number of anilines is 1. The number of thiophene rings is 1. The van der Waals surface area contributed by atoms with Crippen molar-refractivity contribution in [3.8, 4) is 10.7 Å². The molecule has 0 saturated carbocycles. The van der Waals surface area contributed by atoms with Crippen molar-refractivity contribution in [1.29, 1.82) is 0 Å². The first-order valence-electron chi connectivity index (χ1n) is 8.68. The Hall–Kier alpha value is -2.84. The number of hydrogen-bond acceptors (Lipinski definition) is 6. The van der Waals surface area contributed by atoms with Gasteiger partial charge in [-0.05, 0) is 48.2 Å². The second-order valence-electron chi connectivity index (χ2n) is 6.16. The highest BCUT2D eigenvalue weighted by molar-refractivity contribution is 7.99. The van der Waals surface area contributed by atoms with Crippen molar-refractivity contribution in [2.45, 2.75) is 18.6 Å². The molecule has 142 valence electrons. The Kier molecular flexibility index (Phi) is 5.59. The number of aryl methyl sites for hydroxylation is 1. The standard InChI is InChI=1S/C20H18N4O2S2/c1-14-5-2-6-15(11-14)21-18(25)13-28-20-23-22-19(17-8-4-10-27-17)24(20)12-16-7-3-9-26-16/h2-11H,12-13H2,1H3,(H,21,25). The largest absolute Gasteiger partial charge is 0.467 e. The first-order chi connectivity index (χ1) is 13.7. The lowest BCUT2D eigenvalue weighted by molar-refractivity contribution is -0.113. The van der Waals surface area contributed by atoms with Gasteiger partial charge in [0.2, 0.25) is 5.91 Å². The zero-order valence-electron chi connectivity index (χ0n) is 15.2. The molecule has 0 atom stereocenters. The van der Waals surface area contributed by atoms with Gasteiger partial charge >= 0.3 is 0 Å². The maximum atomic E-state index is 12.4. The molecule has 0 bridgehead atoms. The summed E-state index contributed by atoms with van der Waals surface area (Å²) >= 11 is 2.96. The number of furan rings is 1. The molecular formula is C20H18N4O2S2. The normalized spacial score (nSPS) is 10.9. The van der Waals surface area contributed by atoms with Gasteiger partial charge in [-0.3, -0.25) is 9.36 Å². The van der Waals surface area contributed by atoms with E-state index in [1.807, 2.05) is 65.4 Å². The van der Waals surface area contributed by atoms with Gasteiger partial charge in [0.25, 0.3) is 0 Å². The predicted octanol–water partition coefficient (Wildman–Crippen LogP) is 4.69. The number of amides is 1. The maximum Gasteiger partial charge on any atom is 0.234 e. The third-order valence-electron chi connectivity index (χ3n) is 3.99. The first kappa shape index (κ1) is 18.5. The SMILES string of the molecule is Cc1cccc(NC(=O)CSc2nnc(-c3cccs3)n2Cc2ccco2)c1. The molecule has 0 spiro atoms. The number of rotatable bonds is 7. The molecule has 0 aliphatic rings. The predicted molar refractivity (Wildman–Crippen MR) is 112 cm³/mol. The summed E-state index contributed by atoms with van der Waals surface area (Å²) in [4.78, 5) is 13.4. The molecule has 3 heterocycles. The van der Waals surface area contributed by atoms with Crippen LogP contribution in [0.2, 0.25) is 0 Å². The van der Waals surface area contributed by atoms with Crippen LogP contribution in [0.3, 0.4) is 0 Å². The van der Waals surface area contributed by atoms with Crippen LogP contribution >= 0.6 is 23.1 Å². The van der Waals surface area contributed by atoms with Gasteiger partial charge in [0, 0.05) is 5.69 Å². The summed E-state index contributed by atoms with van der Waals surface area (Å²) in [6.07, 6.45) is 1.65. The zero-order valence-corrected chi connectivity index (χ0v) is 16.8. The molecule has 0 fully saturated rings. The van der Waals surface area contributed by atoms with Crippen LogP contribution in [0.15, 0.2) is 69.7 Å². The molecule has 1 amide bonds. The maximum absolute atomic E-state index is 12.4. The fourth-order valence-corrected chi connectivity index (χ4v) is 4.19. The molecule has 0 radical (unpaired) electrons. The van der Waals surface area contributed by atoms with Gasteiger partial charge in [0.05, 0.1) is 23.4 Å². The fourth-order valence-electron chi connectivity index (χ4n) is 2.73. The van der Waals surface area contributed by atoms with Crippen LogP contribution < -0.4 is 5.32 Å². The van der Waals surface area contributed by atoms with E-state index >= 15 is 0 Å². The molecule has 1 aromatic carbocycles. The summed E-state index contributed by atoms with van der Waals surface area (Å²) in [6, 6.07) is 15.5. The summed E-state index contributed by atoms with van der Waals surface area (Å²) in [5, 5.41) is 14.3. The minimum Gasteiger partial charge on any atom is -0.467 e. The molecule has 0 aliphatic heterocycles. The van der Waals surface area contributed by atoms with Crippen LogP contribution in [-0.4, -0.2) is 26.4 Å². The molecule has 3 aromatic heterocycles. The number of hydrogen-bond donors (Lipinski definition) is 1. The summed E-state index contributed by atoms with van der Waals surface area (Å²) in [6.45, 7) is 2.50. The fraction of sp³-hybridized carbons (Fsp3) is 0.150. The van der Waals surface area contributed by atoms with Gasteiger partial charge < -0.3 is 9.73 Å². The monoisotopic (exact) mass is 410 g/mol. The van der Waals surface area contributed by atoms with Gasteiger partial charge in [-0.1, -0.05) is 30.0 Å². The molecule has 4 rings (SSSR count). The lowest BCUT2D eigenvalue weighted by Crippen LogP contribution is -2.14. The van der Waals surface area contributed by atoms with Crippen molar-refractivity contribution in [1.82, 2.24) is 14.8 Å². The van der Waals surface area contributed by atoms with Crippen molar-refractivity contribution in [3.63, 3.8) is 0 Å². The molecule has 0 saturated heterocycles. The quantitative estimate of drug-likeness (QED) is 0.448. The number of carbonyl (C=O) groups is 1. The summed E-state index contributed by atoms with van der Waals surface area (Å²) < 4.78 is 7.47. The van der Waals surface area contributed by atoms with E-state index < -0.39 is 0 Å². The Labute approximate surface area is 170 Å². The number of carbonyl (C=O) groups excluding carboxylic acids is 1. The lowest BCUT2D eigenvalue weighted by atomic mass is 10.2. The molecule has 6 nitrogen and oxygen atoms in total. The second-order valence-corrected chi connectivity index (χ2v) is 8.05. The van der Waals surface area contributed by atoms with Crippen molar-refractivity contribution < 1.29 is 9.21 Å². The minimum absolute atomic E-state index is 0.0826. The number of nitrogens with zero attached hydrogens (tertiary/aromatic N) is 3. The topological polar surface area (TPSA) is 73.0 Å². The third kappa shape index (κ3) is 4.35. The molecule has 0 aliphatic carbocycles. The minimum atomic E-state index is -0.0826. The summed E-state index contributed by atoms with van der Waals surface area (Å²) in [7, 11) is 0. The molecule has 28 heavy (non-hydrogen) atoms. The Morgan fingerprint density at radius 2 is 2.14 bits per heavy atom. The van der Waals surface area contributed by atoms with Gasteiger partial charge in [-0.25, -0.2) is 0 Å². The highest BCUT2D eigenvalue weighted by Crippen LogP contribution is 2.28. The second kappa shape index (κ2) is 8.45. The van der Waals surface area contributed by atoms with Gasteiger partial charge in [-0.15, -0.1) is 21.5 Å². The van der Waals surface area contributed by atoms with Gasteiger partial charge in [0.15, 0.2) is 11.0 Å². The Bertz CT molecular complexity index is 1060. The first-order valence-corrected chi connectivity index (χ1v) is 10.5. The van der Waals surface area contributed by atoms with E-state index in [1.54, 1.807) is 17.6 Å². The molecule has 0 unspecified atom stereocenters. The van der Waals surface area contributed by atoms with Crippen LogP contribution in [0.5, 0.6) is 0 Å². The number of nitrogens with one attached hydrogen (secondary N) is 1. The van der Waals surface area contributed by atoms with Gasteiger partial charge in [0.1, 0.15) is 5.76 Å². The molecular weight excluding hydrogens is 392 g/mol. The molecule has 1 N–H and O–H groups in total. The average Bonchev–Trinajstić information content (AvgIpc) is 3.43. The zero-order chi connectivity index (χ0) is 19.3. The summed E-state index contributed by atoms with van der Waals surface area (Å²) in [5.41, 5.74) is 1.89. The van der Waals surface area contributed by atoms with Gasteiger partial charge in [-0.2, -0.15) is 0 Å². The number of aromatic nitrogens is 3. The molecule has 4 aromatic rings. The summed E-state index contributed by atoms with van der Waals surface area (Å²) in [5.74, 6) is 1.74. The average molecular weight is 411 g/mol. The van der Waals surface area contributed by atoms with E-state index in [-0.39, 0.29) is 11.7 Å². The van der Waals surface area contributed by atoms with Crippen molar-refractivity contribution >= 4 is 34.7 Å². The van der Waals surface area contributed by atoms with E-state index in [0.29, 0.717) is 11.7 Å². The van der Waals surface area contributed by atoms with Crippen molar-refractivity contribution in [2.24, 2.45) is 0 Å². The number of thioether (sulfide) groups is 1. The Morgan fingerprint density at radius 1 is 1.21 bits per heavy atom. The van der Waals surface area contributed by atoms with Crippen LogP contribution in [0, 0.1) is 6.92 Å². The third-order valence-corrected chi connectivity index (χ3v) is 5.82. The van der Waals surface area contributed by atoms with E-state index in [4.69, 9.17) is 4.42 Å². The van der Waals surface area contributed by atoms with Crippen LogP contribution in [0.1, 0.15) is 11.3 Å². The van der Waals surface area contributed by atoms with Crippen LogP contribution in [-0.2, 0) is 11.3 Å². The smallest absolute Gasteiger partial charge is 0.234 e. The van der Waals surface area contributed by atoms with E-state index in [0.717, 1.165) is 27.7 Å². The van der Waals surface area contributed by atoms with Crippen molar-refractivity contribution in [2.75, 3.05) is 11.1 Å².